The molecule has 0 heterocycles. The van der Waals surface area contributed by atoms with Crippen molar-refractivity contribution in [3.63, 3.8) is 0 Å². The fourth-order valence-electron chi connectivity index (χ4n) is 10.6. The molecule has 476 valence electrons. The van der Waals surface area contributed by atoms with Crippen molar-refractivity contribution in [3.8, 4) is 0 Å². The topological polar surface area (TPSA) is 78.9 Å². The van der Waals surface area contributed by atoms with E-state index in [9.17, 15) is 14.4 Å². The van der Waals surface area contributed by atoms with Gasteiger partial charge in [0, 0.05) is 19.3 Å². The lowest BCUT2D eigenvalue weighted by atomic mass is 10.0. The zero-order chi connectivity index (χ0) is 59.2. The van der Waals surface area contributed by atoms with E-state index in [1.54, 1.807) is 0 Å². The number of rotatable bonds is 66. The molecule has 1 atom stereocenters. The molecule has 6 nitrogen and oxygen atoms in total. The number of hydrogen-bond acceptors (Lipinski definition) is 6. The van der Waals surface area contributed by atoms with E-state index in [0.717, 1.165) is 103 Å². The Labute approximate surface area is 510 Å². The van der Waals surface area contributed by atoms with Crippen LogP contribution in [-0.2, 0) is 28.6 Å². The van der Waals surface area contributed by atoms with Gasteiger partial charge in [-0.15, -0.1) is 0 Å². The summed E-state index contributed by atoms with van der Waals surface area (Å²) in [6, 6.07) is 0. The van der Waals surface area contributed by atoms with Crippen LogP contribution in [0.25, 0.3) is 0 Å². The third-order valence-corrected chi connectivity index (χ3v) is 15.9. The van der Waals surface area contributed by atoms with Crippen molar-refractivity contribution >= 4 is 17.9 Å². The van der Waals surface area contributed by atoms with Gasteiger partial charge in [-0.1, -0.05) is 344 Å². The van der Waals surface area contributed by atoms with E-state index in [0.29, 0.717) is 19.3 Å². The molecule has 0 aromatic rings. The molecule has 0 rings (SSSR count). The predicted octanol–water partition coefficient (Wildman–Crippen LogP) is 24.8. The van der Waals surface area contributed by atoms with Gasteiger partial charge >= 0.3 is 17.9 Å². The third kappa shape index (κ3) is 67.6. The van der Waals surface area contributed by atoms with Gasteiger partial charge in [-0.3, -0.25) is 14.4 Å². The van der Waals surface area contributed by atoms with Gasteiger partial charge in [0.25, 0.3) is 0 Å². The van der Waals surface area contributed by atoms with Crippen molar-refractivity contribution in [2.24, 2.45) is 0 Å². The monoisotopic (exact) mass is 1150 g/mol. The van der Waals surface area contributed by atoms with E-state index in [1.807, 2.05) is 0 Å². The van der Waals surface area contributed by atoms with Gasteiger partial charge in [-0.2, -0.15) is 0 Å². The van der Waals surface area contributed by atoms with Gasteiger partial charge in [0.2, 0.25) is 0 Å². The van der Waals surface area contributed by atoms with E-state index in [-0.39, 0.29) is 31.1 Å². The standard InChI is InChI=1S/C76H136O6/c1-4-7-10-13-16-19-22-24-26-28-30-32-34-35-36-37-38-39-40-42-43-45-47-49-51-54-57-60-63-66-69-75(78)81-72-73(71-80-74(77)68-65-62-59-56-53-21-18-15-12-9-6-3)82-76(79)70-67-64-61-58-55-52-50-48-46-44-41-33-31-29-27-25-23-20-17-14-11-8-5-2/h8,11,15,17-18,20,25,27,31,33,44,46,73H,4-7,9-10,12-14,16,19,21-24,26,28-30,32,34-43,45,47-72H2,1-3H3/b11-8-,18-15-,20-17-,27-25-,33-31-,46-44-. The summed E-state index contributed by atoms with van der Waals surface area (Å²) in [6.07, 6.45) is 92.4. The summed E-state index contributed by atoms with van der Waals surface area (Å²) in [5.41, 5.74) is 0. The van der Waals surface area contributed by atoms with Crippen LogP contribution in [0.3, 0.4) is 0 Å². The summed E-state index contributed by atoms with van der Waals surface area (Å²) in [6.45, 7) is 6.53. The third-order valence-electron chi connectivity index (χ3n) is 15.9. The van der Waals surface area contributed by atoms with E-state index in [4.69, 9.17) is 14.2 Å². The average molecular weight is 1150 g/mol. The minimum absolute atomic E-state index is 0.0794. The first-order valence-corrected chi connectivity index (χ1v) is 35.9. The van der Waals surface area contributed by atoms with Crippen molar-refractivity contribution in [1.29, 1.82) is 0 Å². The second kappa shape index (κ2) is 70.3. The van der Waals surface area contributed by atoms with Gasteiger partial charge in [0.05, 0.1) is 0 Å². The molecule has 1 unspecified atom stereocenters. The highest BCUT2D eigenvalue weighted by Crippen LogP contribution is 2.18. The SMILES string of the molecule is CC/C=C\C/C=C\C/C=C\C/C=C\C/C=C\CCCCCCCCCC(=O)OC(COC(=O)CCCCCCC/C=C\CCCC)COC(=O)CCCCCCCCCCCCCCCCCCCCCCCCCCCCCCCC. The molecule has 0 aliphatic carbocycles. The van der Waals surface area contributed by atoms with Crippen LogP contribution in [0, 0.1) is 0 Å². The van der Waals surface area contributed by atoms with Crippen LogP contribution in [0.1, 0.15) is 374 Å². The van der Waals surface area contributed by atoms with Gasteiger partial charge in [-0.05, 0) is 83.5 Å². The average Bonchev–Trinajstić information content (AvgIpc) is 3.48. The van der Waals surface area contributed by atoms with E-state index in [1.165, 1.54) is 231 Å². The predicted molar refractivity (Wildman–Crippen MR) is 358 cm³/mol. The van der Waals surface area contributed by atoms with Crippen LogP contribution in [-0.4, -0.2) is 37.2 Å². The minimum Gasteiger partial charge on any atom is -0.462 e. The molecule has 82 heavy (non-hydrogen) atoms. The molecular weight excluding hydrogens is 1010 g/mol. The second-order valence-corrected chi connectivity index (χ2v) is 24.1. The summed E-state index contributed by atoms with van der Waals surface area (Å²) in [5.74, 6) is -0.882. The molecule has 0 bridgehead atoms. The first-order chi connectivity index (χ1) is 40.5. The summed E-state index contributed by atoms with van der Waals surface area (Å²) in [5, 5.41) is 0. The molecule has 0 amide bonds. The number of carbonyl (C=O) groups excluding carboxylic acids is 3. The zero-order valence-corrected chi connectivity index (χ0v) is 54.8. The first kappa shape index (κ1) is 78.8. The van der Waals surface area contributed by atoms with Crippen molar-refractivity contribution in [3.05, 3.63) is 72.9 Å². The zero-order valence-electron chi connectivity index (χ0n) is 54.8. The maximum Gasteiger partial charge on any atom is 0.306 e. The fourth-order valence-corrected chi connectivity index (χ4v) is 10.6. The van der Waals surface area contributed by atoms with Gasteiger partial charge in [-0.25, -0.2) is 0 Å². The Bertz CT molecular complexity index is 1500. The molecule has 0 N–H and O–H groups in total. The first-order valence-electron chi connectivity index (χ1n) is 35.9. The molecule has 0 radical (unpaired) electrons. The van der Waals surface area contributed by atoms with Gasteiger partial charge in [0.1, 0.15) is 13.2 Å². The summed E-state index contributed by atoms with van der Waals surface area (Å²) < 4.78 is 16.9. The highest BCUT2D eigenvalue weighted by Gasteiger charge is 2.19. The number of esters is 3. The number of hydrogen-bond donors (Lipinski definition) is 0. The quantitative estimate of drug-likeness (QED) is 0.0261. The van der Waals surface area contributed by atoms with Crippen LogP contribution in [0.2, 0.25) is 0 Å². The number of allylic oxidation sites excluding steroid dienone is 12. The van der Waals surface area contributed by atoms with Crippen LogP contribution >= 0.6 is 0 Å². The normalized spacial score (nSPS) is 12.5. The largest absolute Gasteiger partial charge is 0.462 e. The molecule has 0 aliphatic heterocycles. The summed E-state index contributed by atoms with van der Waals surface area (Å²) >= 11 is 0. The summed E-state index contributed by atoms with van der Waals surface area (Å²) in [7, 11) is 0. The van der Waals surface area contributed by atoms with Crippen molar-refractivity contribution in [2.75, 3.05) is 13.2 Å². The second-order valence-electron chi connectivity index (χ2n) is 24.1. The lowest BCUT2D eigenvalue weighted by Gasteiger charge is -2.18. The molecule has 0 aromatic carbocycles. The molecule has 0 fully saturated rings. The Morgan fingerprint density at radius 1 is 0.256 bits per heavy atom. The van der Waals surface area contributed by atoms with Crippen molar-refractivity contribution < 1.29 is 28.6 Å². The van der Waals surface area contributed by atoms with E-state index < -0.39 is 6.10 Å². The maximum atomic E-state index is 12.9. The van der Waals surface area contributed by atoms with Gasteiger partial charge < -0.3 is 14.2 Å². The Hall–Kier alpha value is -3.15. The molecular formula is C76H136O6. The lowest BCUT2D eigenvalue weighted by molar-refractivity contribution is -0.167. The highest BCUT2D eigenvalue weighted by molar-refractivity contribution is 5.71. The Balaban J connectivity index is 4.17. The number of ether oxygens (including phenoxy) is 3. The molecule has 0 saturated carbocycles. The molecule has 0 spiro atoms. The smallest absolute Gasteiger partial charge is 0.306 e. The highest BCUT2D eigenvalue weighted by atomic mass is 16.6. The molecule has 0 saturated heterocycles. The number of carbonyl (C=O) groups is 3. The minimum atomic E-state index is -0.785. The van der Waals surface area contributed by atoms with Crippen LogP contribution in [0.4, 0.5) is 0 Å². The Morgan fingerprint density at radius 2 is 0.488 bits per heavy atom. The molecule has 0 aromatic heterocycles. The van der Waals surface area contributed by atoms with Crippen LogP contribution in [0.5, 0.6) is 0 Å². The Morgan fingerprint density at radius 3 is 0.793 bits per heavy atom. The molecule has 6 heteroatoms. The van der Waals surface area contributed by atoms with E-state index >= 15 is 0 Å². The fraction of sp³-hybridized carbons (Fsp3) is 0.803. The number of unbranched alkanes of at least 4 members (excludes halogenated alkanes) is 43. The Kier molecular flexibility index (Phi) is 67.6. The van der Waals surface area contributed by atoms with E-state index in [2.05, 4.69) is 93.7 Å². The van der Waals surface area contributed by atoms with Crippen LogP contribution < -0.4 is 0 Å². The van der Waals surface area contributed by atoms with Crippen molar-refractivity contribution in [2.45, 2.75) is 380 Å². The summed E-state index contributed by atoms with van der Waals surface area (Å²) in [4.78, 5) is 38.4. The maximum absolute atomic E-state index is 12.9. The van der Waals surface area contributed by atoms with Crippen LogP contribution in [0.15, 0.2) is 72.9 Å². The van der Waals surface area contributed by atoms with Gasteiger partial charge in [0.15, 0.2) is 6.10 Å². The van der Waals surface area contributed by atoms with Crippen molar-refractivity contribution in [1.82, 2.24) is 0 Å². The molecule has 0 aliphatic rings. The lowest BCUT2D eigenvalue weighted by Crippen LogP contribution is -2.30.